The molecule has 4 nitrogen and oxygen atoms in total. The van der Waals surface area contributed by atoms with Crippen LogP contribution in [0.2, 0.25) is 0 Å². The molecule has 0 radical (unpaired) electrons. The number of aromatic nitrogens is 1. The number of aryl methyl sites for hydroxylation is 1. The average molecular weight is 282 g/mol. The third-order valence-corrected chi connectivity index (χ3v) is 3.22. The summed E-state index contributed by atoms with van der Waals surface area (Å²) in [6.45, 7) is 1.58. The molecule has 0 spiro atoms. The number of nitro groups is 1. The van der Waals surface area contributed by atoms with Gasteiger partial charge in [-0.1, -0.05) is 11.8 Å². The molecule has 0 N–H and O–H groups in total. The normalized spacial score (nSPS) is 10.5. The van der Waals surface area contributed by atoms with Gasteiger partial charge in [-0.25, -0.2) is 13.8 Å². The van der Waals surface area contributed by atoms with Crippen LogP contribution in [0.25, 0.3) is 0 Å². The second-order valence-electron chi connectivity index (χ2n) is 3.77. The molecule has 0 aliphatic heterocycles. The Morgan fingerprint density at radius 2 is 1.84 bits per heavy atom. The van der Waals surface area contributed by atoms with Gasteiger partial charge in [-0.2, -0.15) is 0 Å². The summed E-state index contributed by atoms with van der Waals surface area (Å²) in [7, 11) is 0. The largest absolute Gasteiger partial charge is 0.290 e. The summed E-state index contributed by atoms with van der Waals surface area (Å²) >= 11 is 1.04. The fraction of sp³-hybridized carbons (Fsp3) is 0.0833. The lowest BCUT2D eigenvalue weighted by molar-refractivity contribution is -0.385. The van der Waals surface area contributed by atoms with E-state index in [9.17, 15) is 18.9 Å². The highest BCUT2D eigenvalue weighted by Gasteiger charge is 2.12. The van der Waals surface area contributed by atoms with Gasteiger partial charge in [-0.3, -0.25) is 10.1 Å². The average Bonchev–Trinajstić information content (AvgIpc) is 2.26. The zero-order chi connectivity index (χ0) is 14.0. The minimum atomic E-state index is -0.680. The molecule has 2 rings (SSSR count). The van der Waals surface area contributed by atoms with E-state index >= 15 is 0 Å². The Bertz CT molecular complexity index is 629. The lowest BCUT2D eigenvalue weighted by Gasteiger charge is -2.03. The van der Waals surface area contributed by atoms with Crippen molar-refractivity contribution in [3.8, 4) is 0 Å². The summed E-state index contributed by atoms with van der Waals surface area (Å²) in [6, 6.07) is 4.63. The van der Waals surface area contributed by atoms with E-state index in [-0.39, 0.29) is 5.69 Å². The van der Waals surface area contributed by atoms with E-state index in [0.29, 0.717) is 15.5 Å². The molecule has 19 heavy (non-hydrogen) atoms. The Hall–Kier alpha value is -2.02. The van der Waals surface area contributed by atoms with Crippen molar-refractivity contribution in [2.45, 2.75) is 16.8 Å². The molecule has 1 aromatic carbocycles. The maximum absolute atomic E-state index is 13.0. The van der Waals surface area contributed by atoms with Crippen molar-refractivity contribution in [2.24, 2.45) is 0 Å². The van der Waals surface area contributed by atoms with E-state index in [4.69, 9.17) is 0 Å². The number of nitrogens with zero attached hydrogens (tertiary/aromatic N) is 2. The first-order chi connectivity index (χ1) is 8.95. The van der Waals surface area contributed by atoms with Crippen molar-refractivity contribution in [1.82, 2.24) is 4.98 Å². The first-order valence-electron chi connectivity index (χ1n) is 5.20. The summed E-state index contributed by atoms with van der Waals surface area (Å²) in [6.07, 6.45) is 1.13. The fourth-order valence-electron chi connectivity index (χ4n) is 1.48. The number of benzene rings is 1. The van der Waals surface area contributed by atoms with E-state index < -0.39 is 16.6 Å². The van der Waals surface area contributed by atoms with Gasteiger partial charge in [-0.05, 0) is 25.1 Å². The fourth-order valence-corrected chi connectivity index (χ4v) is 2.40. The van der Waals surface area contributed by atoms with Crippen LogP contribution in [0.15, 0.2) is 40.4 Å². The van der Waals surface area contributed by atoms with Crippen molar-refractivity contribution in [2.75, 3.05) is 0 Å². The Balaban J connectivity index is 2.28. The van der Waals surface area contributed by atoms with Gasteiger partial charge in [0, 0.05) is 16.5 Å². The van der Waals surface area contributed by atoms with Gasteiger partial charge in [0.05, 0.1) is 4.92 Å². The molecule has 7 heteroatoms. The summed E-state index contributed by atoms with van der Waals surface area (Å²) in [5.41, 5.74) is 0.356. The topological polar surface area (TPSA) is 56.0 Å². The Morgan fingerprint density at radius 1 is 1.21 bits per heavy atom. The molecule has 0 bridgehead atoms. The smallest absolute Gasteiger partial charge is 0.258 e. The van der Waals surface area contributed by atoms with Gasteiger partial charge in [0.25, 0.3) is 5.69 Å². The molecular formula is C12H8F2N2O2S. The summed E-state index contributed by atoms with van der Waals surface area (Å²) < 4.78 is 26.0. The molecule has 0 aliphatic rings. The summed E-state index contributed by atoms with van der Waals surface area (Å²) in [5, 5.41) is 11.1. The summed E-state index contributed by atoms with van der Waals surface area (Å²) in [4.78, 5) is 14.3. The second kappa shape index (κ2) is 5.31. The molecule has 1 heterocycles. The van der Waals surface area contributed by atoms with Crippen LogP contribution < -0.4 is 0 Å². The zero-order valence-corrected chi connectivity index (χ0v) is 10.6. The Kier molecular flexibility index (Phi) is 3.75. The number of hydrogen-bond acceptors (Lipinski definition) is 4. The van der Waals surface area contributed by atoms with Crippen LogP contribution in [0.3, 0.4) is 0 Å². The number of pyridine rings is 1. The van der Waals surface area contributed by atoms with Crippen molar-refractivity contribution < 1.29 is 13.7 Å². The van der Waals surface area contributed by atoms with Gasteiger partial charge in [-0.15, -0.1) is 0 Å². The molecule has 0 unspecified atom stereocenters. The third-order valence-electron chi connectivity index (χ3n) is 2.31. The minimum absolute atomic E-state index is 0.0882. The van der Waals surface area contributed by atoms with Crippen LogP contribution in [-0.2, 0) is 0 Å². The Labute approximate surface area is 111 Å². The standard InChI is InChI=1S/C12H8F2N2O2S/c1-7-2-12(15-6-11(7)16(17)18)19-10-4-8(13)3-9(14)5-10/h2-6H,1H3. The molecule has 0 saturated carbocycles. The molecule has 0 saturated heterocycles. The molecule has 0 fully saturated rings. The predicted octanol–water partition coefficient (Wildman–Crippen LogP) is 3.73. The van der Waals surface area contributed by atoms with Gasteiger partial charge < -0.3 is 0 Å². The summed E-state index contributed by atoms with van der Waals surface area (Å²) in [5.74, 6) is -1.36. The molecule has 0 aliphatic carbocycles. The van der Waals surface area contributed by atoms with Crippen molar-refractivity contribution in [1.29, 1.82) is 0 Å². The van der Waals surface area contributed by atoms with Crippen LogP contribution in [-0.4, -0.2) is 9.91 Å². The van der Waals surface area contributed by atoms with Crippen LogP contribution >= 0.6 is 11.8 Å². The van der Waals surface area contributed by atoms with E-state index in [0.717, 1.165) is 24.0 Å². The van der Waals surface area contributed by atoms with E-state index in [1.807, 2.05) is 0 Å². The van der Waals surface area contributed by atoms with E-state index in [2.05, 4.69) is 4.98 Å². The highest BCUT2D eigenvalue weighted by molar-refractivity contribution is 7.99. The maximum atomic E-state index is 13.0. The van der Waals surface area contributed by atoms with Gasteiger partial charge >= 0.3 is 0 Å². The molecule has 0 amide bonds. The minimum Gasteiger partial charge on any atom is -0.258 e. The van der Waals surface area contributed by atoms with Crippen LogP contribution in [0, 0.1) is 28.7 Å². The van der Waals surface area contributed by atoms with E-state index in [1.165, 1.54) is 18.2 Å². The van der Waals surface area contributed by atoms with Gasteiger partial charge in [0.15, 0.2) is 0 Å². The monoisotopic (exact) mass is 282 g/mol. The second-order valence-corrected chi connectivity index (χ2v) is 4.87. The van der Waals surface area contributed by atoms with Crippen molar-refractivity contribution in [3.05, 3.63) is 57.8 Å². The molecule has 0 atom stereocenters. The maximum Gasteiger partial charge on any atom is 0.290 e. The van der Waals surface area contributed by atoms with Crippen LogP contribution in [0.1, 0.15) is 5.56 Å². The molecule has 2 aromatic rings. The highest BCUT2D eigenvalue weighted by Crippen LogP contribution is 2.29. The lowest BCUT2D eigenvalue weighted by Crippen LogP contribution is -1.93. The third kappa shape index (κ3) is 3.25. The first-order valence-corrected chi connectivity index (χ1v) is 6.02. The lowest BCUT2D eigenvalue weighted by atomic mass is 10.3. The van der Waals surface area contributed by atoms with Gasteiger partial charge in [0.1, 0.15) is 22.9 Å². The number of rotatable bonds is 3. The molecule has 98 valence electrons. The first kappa shape index (κ1) is 13.4. The molecule has 1 aromatic heterocycles. The number of hydrogen-bond donors (Lipinski definition) is 0. The quantitative estimate of drug-likeness (QED) is 0.636. The van der Waals surface area contributed by atoms with Crippen molar-refractivity contribution >= 4 is 17.4 Å². The highest BCUT2D eigenvalue weighted by atomic mass is 32.2. The SMILES string of the molecule is Cc1cc(Sc2cc(F)cc(F)c2)ncc1[N+](=O)[O-]. The Morgan fingerprint density at radius 3 is 2.37 bits per heavy atom. The van der Waals surface area contributed by atoms with Crippen LogP contribution in [0.5, 0.6) is 0 Å². The zero-order valence-electron chi connectivity index (χ0n) is 9.76. The van der Waals surface area contributed by atoms with Crippen LogP contribution in [0.4, 0.5) is 14.5 Å². The van der Waals surface area contributed by atoms with Gasteiger partial charge in [0.2, 0.25) is 0 Å². The predicted molar refractivity (Wildman–Crippen MR) is 66.1 cm³/mol. The molecular weight excluding hydrogens is 274 g/mol. The van der Waals surface area contributed by atoms with Crippen molar-refractivity contribution in [3.63, 3.8) is 0 Å². The number of halogens is 2. The van der Waals surface area contributed by atoms with E-state index in [1.54, 1.807) is 6.92 Å².